The molecular formula is C13H17NO4. The lowest BCUT2D eigenvalue weighted by Crippen LogP contribution is -2.20. The number of aliphatic hydroxyl groups excluding tert-OH is 1. The largest absolute Gasteiger partial charge is 0.458 e. The SMILES string of the molecule is NO[C@H](CO)C/C=C/COC(=O)c1ccccc1. The van der Waals surface area contributed by atoms with Gasteiger partial charge in [-0.25, -0.2) is 10.7 Å². The van der Waals surface area contributed by atoms with Gasteiger partial charge in [0.15, 0.2) is 0 Å². The maximum atomic E-state index is 11.5. The van der Waals surface area contributed by atoms with Gasteiger partial charge in [-0.1, -0.05) is 30.4 Å². The van der Waals surface area contributed by atoms with E-state index in [9.17, 15) is 4.79 Å². The minimum Gasteiger partial charge on any atom is -0.458 e. The predicted molar refractivity (Wildman–Crippen MR) is 66.6 cm³/mol. The summed E-state index contributed by atoms with van der Waals surface area (Å²) in [4.78, 5) is 16.0. The first-order chi connectivity index (χ1) is 8.77. The molecule has 0 saturated heterocycles. The van der Waals surface area contributed by atoms with Crippen molar-refractivity contribution in [1.29, 1.82) is 0 Å². The average molecular weight is 251 g/mol. The first-order valence-electron chi connectivity index (χ1n) is 5.61. The molecule has 1 aromatic carbocycles. The fraction of sp³-hybridized carbons (Fsp3) is 0.308. The van der Waals surface area contributed by atoms with Crippen LogP contribution in [0.2, 0.25) is 0 Å². The predicted octanol–water partition coefficient (Wildman–Crippen LogP) is 1.04. The molecule has 0 aliphatic carbocycles. The van der Waals surface area contributed by atoms with E-state index in [1.54, 1.807) is 36.4 Å². The lowest BCUT2D eigenvalue weighted by atomic mass is 10.2. The Morgan fingerprint density at radius 3 is 2.67 bits per heavy atom. The Balaban J connectivity index is 2.26. The molecule has 5 nitrogen and oxygen atoms in total. The maximum absolute atomic E-state index is 11.5. The second-order valence-electron chi connectivity index (χ2n) is 3.61. The van der Waals surface area contributed by atoms with E-state index < -0.39 is 6.10 Å². The van der Waals surface area contributed by atoms with Crippen molar-refractivity contribution in [2.24, 2.45) is 5.90 Å². The number of aliphatic hydroxyl groups is 1. The van der Waals surface area contributed by atoms with Crippen LogP contribution in [0, 0.1) is 0 Å². The van der Waals surface area contributed by atoms with Gasteiger partial charge in [0.2, 0.25) is 0 Å². The normalized spacial score (nSPS) is 12.6. The summed E-state index contributed by atoms with van der Waals surface area (Å²) in [5.74, 6) is 4.58. The summed E-state index contributed by atoms with van der Waals surface area (Å²) in [5, 5.41) is 8.80. The molecule has 3 N–H and O–H groups in total. The van der Waals surface area contributed by atoms with E-state index in [1.807, 2.05) is 6.07 Å². The summed E-state index contributed by atoms with van der Waals surface area (Å²) in [5.41, 5.74) is 0.518. The molecule has 18 heavy (non-hydrogen) atoms. The highest BCUT2D eigenvalue weighted by atomic mass is 16.6. The zero-order valence-electron chi connectivity index (χ0n) is 9.99. The second-order valence-corrected chi connectivity index (χ2v) is 3.61. The molecule has 0 bridgehead atoms. The first-order valence-corrected chi connectivity index (χ1v) is 5.61. The summed E-state index contributed by atoms with van der Waals surface area (Å²) in [6, 6.07) is 8.76. The number of rotatable bonds is 7. The molecule has 0 aromatic heterocycles. The van der Waals surface area contributed by atoms with Crippen LogP contribution >= 0.6 is 0 Å². The number of hydrogen-bond donors (Lipinski definition) is 2. The van der Waals surface area contributed by atoms with Gasteiger partial charge in [0.1, 0.15) is 12.7 Å². The summed E-state index contributed by atoms with van der Waals surface area (Å²) in [6.45, 7) is 0.0289. The van der Waals surface area contributed by atoms with E-state index in [4.69, 9.17) is 15.7 Å². The Bertz CT molecular complexity index is 374. The van der Waals surface area contributed by atoms with Gasteiger partial charge in [0, 0.05) is 0 Å². The van der Waals surface area contributed by atoms with Crippen LogP contribution in [-0.4, -0.2) is 30.4 Å². The quantitative estimate of drug-likeness (QED) is 0.430. The van der Waals surface area contributed by atoms with Crippen LogP contribution in [0.25, 0.3) is 0 Å². The Morgan fingerprint density at radius 2 is 2.06 bits per heavy atom. The minimum atomic E-state index is -0.425. The lowest BCUT2D eigenvalue weighted by Gasteiger charge is -2.07. The highest BCUT2D eigenvalue weighted by Crippen LogP contribution is 2.01. The Morgan fingerprint density at radius 1 is 1.33 bits per heavy atom. The maximum Gasteiger partial charge on any atom is 0.338 e. The Hall–Kier alpha value is -1.69. The van der Waals surface area contributed by atoms with Crippen molar-refractivity contribution < 1.29 is 19.5 Å². The molecule has 0 fully saturated rings. The Kier molecular flexibility index (Phi) is 6.71. The van der Waals surface area contributed by atoms with Gasteiger partial charge >= 0.3 is 5.97 Å². The molecule has 0 unspecified atom stereocenters. The lowest BCUT2D eigenvalue weighted by molar-refractivity contribution is 0.0143. The van der Waals surface area contributed by atoms with Crippen molar-refractivity contribution in [3.63, 3.8) is 0 Å². The van der Waals surface area contributed by atoms with Crippen LogP contribution in [0.3, 0.4) is 0 Å². The van der Waals surface area contributed by atoms with E-state index >= 15 is 0 Å². The zero-order valence-corrected chi connectivity index (χ0v) is 9.99. The summed E-state index contributed by atoms with van der Waals surface area (Å²) in [6.07, 6.45) is 3.47. The van der Waals surface area contributed by atoms with Gasteiger partial charge < -0.3 is 9.84 Å². The van der Waals surface area contributed by atoms with Crippen LogP contribution in [0.1, 0.15) is 16.8 Å². The van der Waals surface area contributed by atoms with Crippen LogP contribution in [0.4, 0.5) is 0 Å². The van der Waals surface area contributed by atoms with Gasteiger partial charge in [-0.2, -0.15) is 0 Å². The van der Waals surface area contributed by atoms with E-state index in [1.165, 1.54) is 0 Å². The van der Waals surface area contributed by atoms with Crippen LogP contribution in [0.15, 0.2) is 42.5 Å². The van der Waals surface area contributed by atoms with Gasteiger partial charge in [-0.05, 0) is 18.6 Å². The molecule has 1 aromatic rings. The highest BCUT2D eigenvalue weighted by Gasteiger charge is 2.04. The van der Waals surface area contributed by atoms with Crippen LogP contribution in [0.5, 0.6) is 0 Å². The number of ether oxygens (including phenoxy) is 1. The number of benzene rings is 1. The third-order valence-corrected chi connectivity index (χ3v) is 2.28. The fourth-order valence-electron chi connectivity index (χ4n) is 1.27. The highest BCUT2D eigenvalue weighted by molar-refractivity contribution is 5.89. The third-order valence-electron chi connectivity index (χ3n) is 2.28. The van der Waals surface area contributed by atoms with E-state index in [0.717, 1.165) is 0 Å². The molecule has 0 spiro atoms. The van der Waals surface area contributed by atoms with Crippen LogP contribution < -0.4 is 5.90 Å². The van der Waals surface area contributed by atoms with E-state index in [2.05, 4.69) is 4.84 Å². The number of hydrogen-bond acceptors (Lipinski definition) is 5. The first kappa shape index (κ1) is 14.4. The molecule has 0 radical (unpaired) electrons. The van der Waals surface area contributed by atoms with Crippen molar-refractivity contribution in [3.05, 3.63) is 48.0 Å². The number of carbonyl (C=O) groups excluding carboxylic acids is 1. The van der Waals surface area contributed by atoms with E-state index in [-0.39, 0.29) is 19.2 Å². The van der Waals surface area contributed by atoms with Crippen molar-refractivity contribution in [2.45, 2.75) is 12.5 Å². The smallest absolute Gasteiger partial charge is 0.338 e. The summed E-state index contributed by atoms with van der Waals surface area (Å²) in [7, 11) is 0. The minimum absolute atomic E-state index is 0.148. The van der Waals surface area contributed by atoms with Crippen molar-refractivity contribution in [1.82, 2.24) is 0 Å². The molecule has 0 saturated carbocycles. The zero-order chi connectivity index (χ0) is 13.2. The average Bonchev–Trinajstić information content (AvgIpc) is 2.43. The van der Waals surface area contributed by atoms with Crippen molar-refractivity contribution in [2.75, 3.05) is 13.2 Å². The summed E-state index contributed by atoms with van der Waals surface area (Å²) < 4.78 is 5.02. The summed E-state index contributed by atoms with van der Waals surface area (Å²) >= 11 is 0. The molecular weight excluding hydrogens is 234 g/mol. The second kappa shape index (κ2) is 8.41. The van der Waals surface area contributed by atoms with Crippen molar-refractivity contribution in [3.8, 4) is 0 Å². The Labute approximate surface area is 106 Å². The topological polar surface area (TPSA) is 81.8 Å². The molecule has 5 heteroatoms. The van der Waals surface area contributed by atoms with Gasteiger partial charge in [-0.3, -0.25) is 4.84 Å². The standard InChI is InChI=1S/C13H17NO4/c14-18-12(10-15)8-4-5-9-17-13(16)11-6-2-1-3-7-11/h1-7,12,15H,8-10,14H2/b5-4+/t12-/m0/s1. The molecule has 1 rings (SSSR count). The van der Waals surface area contributed by atoms with Gasteiger partial charge in [0.25, 0.3) is 0 Å². The van der Waals surface area contributed by atoms with E-state index in [0.29, 0.717) is 12.0 Å². The number of esters is 1. The molecule has 1 atom stereocenters. The van der Waals surface area contributed by atoms with Gasteiger partial charge in [0.05, 0.1) is 12.2 Å². The molecule has 0 amide bonds. The number of carbonyl (C=O) groups is 1. The third kappa shape index (κ3) is 5.09. The molecule has 0 aliphatic heterocycles. The fourth-order valence-corrected chi connectivity index (χ4v) is 1.27. The molecule has 98 valence electrons. The molecule has 0 aliphatic rings. The molecule has 0 heterocycles. The van der Waals surface area contributed by atoms with Crippen molar-refractivity contribution >= 4 is 5.97 Å². The number of nitrogens with two attached hydrogens (primary N) is 1. The van der Waals surface area contributed by atoms with Crippen LogP contribution in [-0.2, 0) is 9.57 Å². The van der Waals surface area contributed by atoms with Gasteiger partial charge in [-0.15, -0.1) is 0 Å². The monoisotopic (exact) mass is 251 g/mol.